The van der Waals surface area contributed by atoms with Gasteiger partial charge in [-0.25, -0.2) is 9.97 Å². The summed E-state index contributed by atoms with van der Waals surface area (Å²) in [4.78, 5) is 20.5. The van der Waals surface area contributed by atoms with E-state index in [2.05, 4.69) is 20.6 Å². The van der Waals surface area contributed by atoms with Crippen molar-refractivity contribution in [1.29, 1.82) is 0 Å². The molecule has 2 aromatic heterocycles. The number of imidazole rings is 1. The summed E-state index contributed by atoms with van der Waals surface area (Å²) >= 11 is 6.03. The summed E-state index contributed by atoms with van der Waals surface area (Å²) in [6.07, 6.45) is 4.25. The molecule has 112 valence electrons. The van der Waals surface area contributed by atoms with Crippen LogP contribution in [-0.2, 0) is 13.5 Å². The average Bonchev–Trinajstić information content (AvgIpc) is 2.87. The van der Waals surface area contributed by atoms with Gasteiger partial charge in [-0.05, 0) is 19.1 Å². The van der Waals surface area contributed by atoms with E-state index in [-0.39, 0.29) is 11.6 Å². The third-order valence-corrected chi connectivity index (χ3v) is 3.28. The maximum atomic E-state index is 12.1. The number of aromatic nitrogens is 3. The van der Waals surface area contributed by atoms with Gasteiger partial charge in [-0.1, -0.05) is 11.6 Å². The van der Waals surface area contributed by atoms with Crippen LogP contribution in [0.25, 0.3) is 0 Å². The summed E-state index contributed by atoms with van der Waals surface area (Å²) in [6, 6.07) is 3.41. The largest absolute Gasteiger partial charge is 0.370 e. The molecule has 0 fully saturated rings. The molecular weight excluding hydrogens is 290 g/mol. The Morgan fingerprint density at radius 1 is 1.43 bits per heavy atom. The summed E-state index contributed by atoms with van der Waals surface area (Å²) in [7, 11) is 1.92. The molecule has 2 aromatic rings. The predicted molar refractivity (Wildman–Crippen MR) is 82.7 cm³/mol. The highest BCUT2D eigenvalue weighted by Crippen LogP contribution is 2.16. The summed E-state index contributed by atoms with van der Waals surface area (Å²) in [6.45, 7) is 3.17. The lowest BCUT2D eigenvalue weighted by Gasteiger charge is -2.08. The number of nitrogens with one attached hydrogen (secondary N) is 2. The first-order valence-electron chi connectivity index (χ1n) is 6.76. The van der Waals surface area contributed by atoms with E-state index in [1.165, 1.54) is 0 Å². The lowest BCUT2D eigenvalue weighted by molar-refractivity contribution is 0.0949. The van der Waals surface area contributed by atoms with E-state index < -0.39 is 0 Å². The molecule has 21 heavy (non-hydrogen) atoms. The van der Waals surface area contributed by atoms with E-state index in [0.717, 1.165) is 12.4 Å². The molecule has 0 atom stereocenters. The first-order valence-corrected chi connectivity index (χ1v) is 7.14. The number of carbonyl (C=O) groups is 1. The summed E-state index contributed by atoms with van der Waals surface area (Å²) in [5.74, 6) is 1.26. The van der Waals surface area contributed by atoms with Gasteiger partial charge in [-0.2, -0.15) is 0 Å². The van der Waals surface area contributed by atoms with Gasteiger partial charge >= 0.3 is 0 Å². The average molecular weight is 308 g/mol. The molecule has 7 heteroatoms. The van der Waals surface area contributed by atoms with Crippen molar-refractivity contribution in [1.82, 2.24) is 19.9 Å². The zero-order chi connectivity index (χ0) is 15.2. The van der Waals surface area contributed by atoms with Crippen molar-refractivity contribution in [3.05, 3.63) is 41.1 Å². The normalized spacial score (nSPS) is 10.4. The Balaban J connectivity index is 1.96. The monoisotopic (exact) mass is 307 g/mol. The minimum atomic E-state index is -0.283. The van der Waals surface area contributed by atoms with Crippen molar-refractivity contribution in [3.8, 4) is 0 Å². The van der Waals surface area contributed by atoms with Gasteiger partial charge in [0.25, 0.3) is 5.91 Å². The molecule has 0 aromatic carbocycles. The SMILES string of the molecule is CCNc1ccc(Cl)c(C(=O)NCCc2nccn2C)n1. The summed E-state index contributed by atoms with van der Waals surface area (Å²) in [5, 5.41) is 6.20. The molecule has 0 aliphatic rings. The Labute approximate surface area is 128 Å². The van der Waals surface area contributed by atoms with Crippen LogP contribution in [0.2, 0.25) is 5.02 Å². The van der Waals surface area contributed by atoms with E-state index in [4.69, 9.17) is 11.6 Å². The minimum absolute atomic E-state index is 0.231. The van der Waals surface area contributed by atoms with E-state index >= 15 is 0 Å². The topological polar surface area (TPSA) is 71.8 Å². The van der Waals surface area contributed by atoms with Crippen LogP contribution < -0.4 is 10.6 Å². The van der Waals surface area contributed by atoms with Gasteiger partial charge in [0.2, 0.25) is 0 Å². The molecule has 0 aliphatic heterocycles. The van der Waals surface area contributed by atoms with Gasteiger partial charge in [0.15, 0.2) is 0 Å². The minimum Gasteiger partial charge on any atom is -0.370 e. The molecule has 2 rings (SSSR count). The van der Waals surface area contributed by atoms with Crippen molar-refractivity contribution in [3.63, 3.8) is 0 Å². The van der Waals surface area contributed by atoms with Crippen molar-refractivity contribution >= 4 is 23.3 Å². The van der Waals surface area contributed by atoms with Gasteiger partial charge in [0.05, 0.1) is 5.02 Å². The summed E-state index contributed by atoms with van der Waals surface area (Å²) < 4.78 is 1.92. The molecular formula is C14H18ClN5O. The van der Waals surface area contributed by atoms with Crippen LogP contribution in [0, 0.1) is 0 Å². The molecule has 0 saturated carbocycles. The quantitative estimate of drug-likeness (QED) is 0.854. The molecule has 1 amide bonds. The Morgan fingerprint density at radius 2 is 2.24 bits per heavy atom. The molecule has 2 N–H and O–H groups in total. The van der Waals surface area contributed by atoms with Gasteiger partial charge in [0, 0.05) is 39.0 Å². The van der Waals surface area contributed by atoms with Crippen LogP contribution in [0.4, 0.5) is 5.82 Å². The second-order valence-electron chi connectivity index (χ2n) is 4.52. The third-order valence-electron chi connectivity index (χ3n) is 2.97. The number of hydrogen-bond acceptors (Lipinski definition) is 4. The number of aryl methyl sites for hydroxylation is 1. The van der Waals surface area contributed by atoms with Crippen LogP contribution in [0.1, 0.15) is 23.2 Å². The van der Waals surface area contributed by atoms with Gasteiger partial charge < -0.3 is 15.2 Å². The number of halogens is 1. The van der Waals surface area contributed by atoms with Crippen LogP contribution in [0.5, 0.6) is 0 Å². The molecule has 0 radical (unpaired) electrons. The number of rotatable bonds is 6. The maximum absolute atomic E-state index is 12.1. The highest BCUT2D eigenvalue weighted by molar-refractivity contribution is 6.33. The zero-order valence-electron chi connectivity index (χ0n) is 12.1. The van der Waals surface area contributed by atoms with E-state index in [9.17, 15) is 4.79 Å². The Kier molecular flexibility index (Phi) is 5.16. The second-order valence-corrected chi connectivity index (χ2v) is 4.92. The first-order chi connectivity index (χ1) is 10.1. The van der Waals surface area contributed by atoms with Crippen LogP contribution in [0.15, 0.2) is 24.5 Å². The first kappa shape index (κ1) is 15.3. The van der Waals surface area contributed by atoms with Crippen molar-refractivity contribution < 1.29 is 4.79 Å². The Bertz CT molecular complexity index is 626. The molecule has 0 spiro atoms. The second kappa shape index (κ2) is 7.08. The highest BCUT2D eigenvalue weighted by Gasteiger charge is 2.13. The number of amides is 1. The van der Waals surface area contributed by atoms with Gasteiger partial charge in [-0.15, -0.1) is 0 Å². The number of hydrogen-bond donors (Lipinski definition) is 2. The number of nitrogens with zero attached hydrogens (tertiary/aromatic N) is 3. The van der Waals surface area contributed by atoms with Crippen molar-refractivity contribution in [2.45, 2.75) is 13.3 Å². The zero-order valence-corrected chi connectivity index (χ0v) is 12.8. The van der Waals surface area contributed by atoms with Crippen molar-refractivity contribution in [2.75, 3.05) is 18.4 Å². The standard InChI is InChI=1S/C14H18ClN5O/c1-3-16-11-5-4-10(15)13(19-11)14(21)18-7-6-12-17-8-9-20(12)2/h4-5,8-9H,3,6-7H2,1-2H3,(H,16,19)(H,18,21). The molecule has 0 saturated heterocycles. The molecule has 6 nitrogen and oxygen atoms in total. The molecule has 0 unspecified atom stereocenters. The number of pyridine rings is 1. The van der Waals surface area contributed by atoms with E-state index in [1.54, 1.807) is 18.3 Å². The Morgan fingerprint density at radius 3 is 2.90 bits per heavy atom. The molecule has 2 heterocycles. The van der Waals surface area contributed by atoms with Crippen LogP contribution in [0.3, 0.4) is 0 Å². The maximum Gasteiger partial charge on any atom is 0.271 e. The summed E-state index contributed by atoms with van der Waals surface area (Å²) in [5.41, 5.74) is 0.231. The van der Waals surface area contributed by atoms with Crippen LogP contribution in [-0.4, -0.2) is 33.5 Å². The van der Waals surface area contributed by atoms with E-state index in [0.29, 0.717) is 23.8 Å². The fourth-order valence-electron chi connectivity index (χ4n) is 1.89. The third kappa shape index (κ3) is 3.95. The van der Waals surface area contributed by atoms with Crippen LogP contribution >= 0.6 is 11.6 Å². The predicted octanol–water partition coefficient (Wildman–Crippen LogP) is 1.87. The lowest BCUT2D eigenvalue weighted by Crippen LogP contribution is -2.27. The number of carbonyl (C=O) groups excluding carboxylic acids is 1. The fourth-order valence-corrected chi connectivity index (χ4v) is 2.08. The van der Waals surface area contributed by atoms with Crippen molar-refractivity contribution in [2.24, 2.45) is 7.05 Å². The smallest absolute Gasteiger partial charge is 0.271 e. The Hall–Kier alpha value is -2.08. The van der Waals surface area contributed by atoms with E-state index in [1.807, 2.05) is 24.7 Å². The number of anilines is 1. The van der Waals surface area contributed by atoms with Gasteiger partial charge in [-0.3, -0.25) is 4.79 Å². The van der Waals surface area contributed by atoms with Gasteiger partial charge in [0.1, 0.15) is 17.3 Å². The molecule has 0 aliphatic carbocycles. The fraction of sp³-hybridized carbons (Fsp3) is 0.357. The lowest BCUT2D eigenvalue weighted by atomic mass is 10.3. The highest BCUT2D eigenvalue weighted by atomic mass is 35.5. The molecule has 0 bridgehead atoms.